The van der Waals surface area contributed by atoms with E-state index in [1.165, 1.54) is 23.3 Å². The number of amides is 1. The van der Waals surface area contributed by atoms with Crippen LogP contribution < -0.4 is 16.2 Å². The van der Waals surface area contributed by atoms with Gasteiger partial charge in [0.05, 0.1) is 11.0 Å². The molecule has 6 nitrogen and oxygen atoms in total. The molecule has 25 heavy (non-hydrogen) atoms. The van der Waals surface area contributed by atoms with E-state index in [2.05, 4.69) is 10.4 Å². The van der Waals surface area contributed by atoms with Gasteiger partial charge >= 0.3 is 6.18 Å². The van der Waals surface area contributed by atoms with Gasteiger partial charge in [-0.2, -0.15) is 23.0 Å². The Hall–Kier alpha value is -2.20. The molecule has 0 spiro atoms. The highest BCUT2D eigenvalue weighted by atomic mass is 19.4. The number of carbonyl (C=O) groups excluding carboxylic acids is 1. The molecule has 0 saturated heterocycles. The molecular formula is C15H16F4N4O2. The van der Waals surface area contributed by atoms with Crippen molar-refractivity contribution in [3.05, 3.63) is 35.9 Å². The number of pyridine rings is 1. The van der Waals surface area contributed by atoms with E-state index in [-0.39, 0.29) is 37.3 Å². The number of nitrogens with two attached hydrogens (primary N) is 1. The third-order valence-corrected chi connectivity index (χ3v) is 4.36. The number of aromatic nitrogens is 1. The van der Waals surface area contributed by atoms with E-state index < -0.39 is 29.7 Å². The third-order valence-electron chi connectivity index (χ3n) is 4.36. The van der Waals surface area contributed by atoms with E-state index in [9.17, 15) is 22.4 Å². The van der Waals surface area contributed by atoms with Gasteiger partial charge in [-0.1, -0.05) is 0 Å². The van der Waals surface area contributed by atoms with E-state index in [0.29, 0.717) is 0 Å². The molecule has 1 fully saturated rings. The minimum absolute atomic E-state index is 0.0578. The zero-order valence-electron chi connectivity index (χ0n) is 13.0. The van der Waals surface area contributed by atoms with Gasteiger partial charge in [-0.25, -0.2) is 4.98 Å². The van der Waals surface area contributed by atoms with Gasteiger partial charge in [0.2, 0.25) is 5.95 Å². The van der Waals surface area contributed by atoms with Crippen LogP contribution in [0.5, 0.6) is 0 Å². The molecule has 1 atom stereocenters. The van der Waals surface area contributed by atoms with Crippen molar-refractivity contribution in [2.45, 2.75) is 31.7 Å². The third kappa shape index (κ3) is 3.59. The molecule has 3 rings (SSSR count). The maximum atomic E-state index is 13.7. The van der Waals surface area contributed by atoms with Gasteiger partial charge in [0.15, 0.2) is 0 Å². The maximum Gasteiger partial charge on any atom is 0.394 e. The number of rotatable bonds is 6. The lowest BCUT2D eigenvalue weighted by atomic mass is 10.0. The largest absolute Gasteiger partial charge is 0.394 e. The van der Waals surface area contributed by atoms with Gasteiger partial charge in [-0.05, 0) is 37.5 Å². The number of carbonyl (C=O) groups is 1. The number of hydrazine groups is 1. The van der Waals surface area contributed by atoms with Crippen molar-refractivity contribution in [3.8, 4) is 0 Å². The highest BCUT2D eigenvalue weighted by Gasteiger charge is 2.62. The summed E-state index contributed by atoms with van der Waals surface area (Å²) in [6.07, 6.45) is -1.61. The number of nitrogens with zero attached hydrogens (tertiary/aromatic N) is 2. The van der Waals surface area contributed by atoms with E-state index in [1.807, 2.05) is 0 Å². The average molecular weight is 360 g/mol. The van der Waals surface area contributed by atoms with Crippen LogP contribution in [0.2, 0.25) is 0 Å². The molecule has 136 valence electrons. The van der Waals surface area contributed by atoms with Gasteiger partial charge in [-0.15, -0.1) is 0 Å². The van der Waals surface area contributed by atoms with Crippen LogP contribution in [0, 0.1) is 11.4 Å². The summed E-state index contributed by atoms with van der Waals surface area (Å²) in [6.45, 7) is -0.0578. The summed E-state index contributed by atoms with van der Waals surface area (Å²) in [6, 6.07) is 2.58. The van der Waals surface area contributed by atoms with Crippen molar-refractivity contribution in [2.75, 3.05) is 11.6 Å². The summed E-state index contributed by atoms with van der Waals surface area (Å²) >= 11 is 0. The molecule has 1 aliphatic carbocycles. The molecular weight excluding hydrogens is 344 g/mol. The Morgan fingerprint density at radius 2 is 2.16 bits per heavy atom. The number of ether oxygens (including phenoxy) is 1. The topological polar surface area (TPSA) is 80.5 Å². The smallest absolute Gasteiger partial charge is 0.365 e. The lowest BCUT2D eigenvalue weighted by Crippen LogP contribution is -2.38. The number of anilines is 1. The molecule has 1 unspecified atom stereocenters. The van der Waals surface area contributed by atoms with Crippen LogP contribution in [0.1, 0.15) is 29.6 Å². The fourth-order valence-corrected chi connectivity index (χ4v) is 2.57. The van der Waals surface area contributed by atoms with Crippen molar-refractivity contribution >= 4 is 11.7 Å². The minimum atomic E-state index is -4.20. The van der Waals surface area contributed by atoms with Crippen molar-refractivity contribution in [1.29, 1.82) is 0 Å². The van der Waals surface area contributed by atoms with E-state index >= 15 is 0 Å². The Balaban J connectivity index is 1.52. The Labute approximate surface area is 140 Å². The predicted molar refractivity (Wildman–Crippen MR) is 79.5 cm³/mol. The van der Waals surface area contributed by atoms with Crippen LogP contribution in [-0.4, -0.2) is 29.9 Å². The van der Waals surface area contributed by atoms with Crippen LogP contribution in [0.15, 0.2) is 24.4 Å². The van der Waals surface area contributed by atoms with Crippen molar-refractivity contribution in [3.63, 3.8) is 0 Å². The van der Waals surface area contributed by atoms with Crippen molar-refractivity contribution in [2.24, 2.45) is 11.1 Å². The van der Waals surface area contributed by atoms with Crippen molar-refractivity contribution in [1.82, 2.24) is 10.4 Å². The summed E-state index contributed by atoms with van der Waals surface area (Å²) in [7, 11) is 0. The number of primary amides is 1. The second-order valence-electron chi connectivity index (χ2n) is 6.03. The quantitative estimate of drug-likeness (QED) is 0.601. The number of halogens is 4. The number of alkyl halides is 3. The second-order valence-corrected chi connectivity index (χ2v) is 6.03. The second kappa shape index (κ2) is 6.26. The zero-order valence-corrected chi connectivity index (χ0v) is 13.0. The van der Waals surface area contributed by atoms with Gasteiger partial charge in [-0.3, -0.25) is 9.80 Å². The molecule has 2 heterocycles. The minimum Gasteiger partial charge on any atom is -0.365 e. The van der Waals surface area contributed by atoms with Gasteiger partial charge in [0.25, 0.3) is 5.91 Å². The monoisotopic (exact) mass is 360 g/mol. The van der Waals surface area contributed by atoms with E-state index in [4.69, 9.17) is 10.5 Å². The molecule has 0 bridgehead atoms. The fourth-order valence-electron chi connectivity index (χ4n) is 2.57. The van der Waals surface area contributed by atoms with Gasteiger partial charge in [0, 0.05) is 12.8 Å². The Morgan fingerprint density at radius 3 is 2.72 bits per heavy atom. The average Bonchev–Trinajstić information content (AvgIpc) is 3.17. The lowest BCUT2D eigenvalue weighted by Gasteiger charge is -2.22. The Kier molecular flexibility index (Phi) is 4.41. The summed E-state index contributed by atoms with van der Waals surface area (Å²) in [5.74, 6) is -1.79. The first-order valence-electron chi connectivity index (χ1n) is 7.60. The van der Waals surface area contributed by atoms with Crippen LogP contribution in [0.3, 0.4) is 0 Å². The van der Waals surface area contributed by atoms with Crippen molar-refractivity contribution < 1.29 is 27.1 Å². The first-order valence-corrected chi connectivity index (χ1v) is 7.60. The molecule has 0 aromatic carbocycles. The zero-order chi connectivity index (χ0) is 18.2. The molecule has 0 radical (unpaired) electrons. The highest BCUT2D eigenvalue weighted by Crippen LogP contribution is 2.59. The van der Waals surface area contributed by atoms with Gasteiger partial charge < -0.3 is 10.5 Å². The summed E-state index contributed by atoms with van der Waals surface area (Å²) < 4.78 is 57.6. The fraction of sp³-hybridized carbons (Fsp3) is 0.467. The maximum absolute atomic E-state index is 13.7. The SMILES string of the molecule is NC(=O)c1ccc(N2C=CC(OCCC3(C(F)(F)F)CC3)N2)nc1F. The van der Waals surface area contributed by atoms with E-state index in [0.717, 1.165) is 0 Å². The molecule has 1 aromatic heterocycles. The molecule has 3 N–H and O–H groups in total. The summed E-state index contributed by atoms with van der Waals surface area (Å²) in [5.41, 5.74) is 5.87. The molecule has 10 heteroatoms. The first kappa shape index (κ1) is 17.6. The molecule has 1 amide bonds. The van der Waals surface area contributed by atoms with Crippen LogP contribution in [-0.2, 0) is 4.74 Å². The first-order chi connectivity index (χ1) is 11.7. The molecule has 1 saturated carbocycles. The Morgan fingerprint density at radius 1 is 1.44 bits per heavy atom. The summed E-state index contributed by atoms with van der Waals surface area (Å²) in [4.78, 5) is 14.6. The lowest BCUT2D eigenvalue weighted by molar-refractivity contribution is -0.192. The number of hydrogen-bond acceptors (Lipinski definition) is 5. The van der Waals surface area contributed by atoms with Crippen LogP contribution in [0.25, 0.3) is 0 Å². The standard InChI is InChI=1S/C15H16F4N4O2/c16-12-9(13(20)24)1-2-10(21-12)23-7-3-11(22-23)25-8-6-14(4-5-14)15(17,18)19/h1-3,7,11,22H,4-6,8H2,(H2,20,24). The number of hydrogen-bond donors (Lipinski definition) is 2. The molecule has 1 aromatic rings. The predicted octanol–water partition coefficient (Wildman–Crippen LogP) is 2.23. The number of nitrogens with one attached hydrogen (secondary N) is 1. The van der Waals surface area contributed by atoms with E-state index in [1.54, 1.807) is 6.08 Å². The molecule has 2 aliphatic rings. The van der Waals surface area contributed by atoms with Gasteiger partial charge in [0.1, 0.15) is 12.0 Å². The normalized spacial score (nSPS) is 21.6. The Bertz CT molecular complexity index is 703. The highest BCUT2D eigenvalue weighted by molar-refractivity contribution is 5.92. The summed E-state index contributed by atoms with van der Waals surface area (Å²) in [5, 5.41) is 1.34. The molecule has 1 aliphatic heterocycles. The van der Waals surface area contributed by atoms with Crippen LogP contribution in [0.4, 0.5) is 23.4 Å². The van der Waals surface area contributed by atoms with Crippen LogP contribution >= 0.6 is 0 Å².